The van der Waals surface area contributed by atoms with Gasteiger partial charge in [-0.3, -0.25) is 19.7 Å². The molecule has 3 rings (SSSR count). The van der Waals surface area contributed by atoms with Gasteiger partial charge in [0.25, 0.3) is 11.6 Å². The maximum absolute atomic E-state index is 12.5. The lowest BCUT2D eigenvalue weighted by Gasteiger charge is -2.15. The van der Waals surface area contributed by atoms with Gasteiger partial charge in [0.1, 0.15) is 11.7 Å². The topological polar surface area (TPSA) is 146 Å². The highest BCUT2D eigenvalue weighted by Crippen LogP contribution is 2.34. The maximum atomic E-state index is 12.5. The highest BCUT2D eigenvalue weighted by molar-refractivity contribution is 6.03. The number of carbonyl (C=O) groups is 2. The van der Waals surface area contributed by atoms with Gasteiger partial charge in [-0.15, -0.1) is 0 Å². The molecule has 1 aliphatic heterocycles. The molecule has 0 bridgehead atoms. The van der Waals surface area contributed by atoms with E-state index in [0.29, 0.717) is 6.54 Å². The maximum Gasteiger partial charge on any atom is 0.266 e. The van der Waals surface area contributed by atoms with Gasteiger partial charge >= 0.3 is 0 Å². The number of nitrogens with zero attached hydrogens (tertiary/aromatic N) is 2. The molecule has 2 amide bonds. The van der Waals surface area contributed by atoms with E-state index in [1.54, 1.807) is 0 Å². The molecule has 0 radical (unpaired) electrons. The molecule has 1 aliphatic rings. The smallest absolute Gasteiger partial charge is 0.266 e. The van der Waals surface area contributed by atoms with Crippen molar-refractivity contribution >= 4 is 23.7 Å². The molecule has 2 atom stereocenters. The minimum atomic E-state index is -0.956. The molecule has 1 saturated heterocycles. The van der Waals surface area contributed by atoms with Crippen LogP contribution < -0.4 is 20.6 Å². The molecule has 2 N–H and O–H groups in total. The van der Waals surface area contributed by atoms with Crippen LogP contribution in [0, 0.1) is 16.0 Å². The molecule has 1 heterocycles. The summed E-state index contributed by atoms with van der Waals surface area (Å²) < 4.78 is 4.84. The third-order valence-electron chi connectivity index (χ3n) is 4.55. The number of hydrogen-bond acceptors (Lipinski definition) is 7. The number of hydrazone groups is 1. The summed E-state index contributed by atoms with van der Waals surface area (Å²) in [5, 5.41) is 29.3. The van der Waals surface area contributed by atoms with Crippen molar-refractivity contribution in [2.45, 2.75) is 5.92 Å². The van der Waals surface area contributed by atoms with Crippen LogP contribution >= 0.6 is 0 Å². The SMILES string of the molecule is COc1cc(/C=N/NC(=O)[C@H]2C(=O)NC[C@H]2c2ccccc2)cc([N+](=O)[O-])c1[O-]. The summed E-state index contributed by atoms with van der Waals surface area (Å²) in [5.41, 5.74) is 2.65. The van der Waals surface area contributed by atoms with Crippen molar-refractivity contribution in [3.05, 3.63) is 63.7 Å². The van der Waals surface area contributed by atoms with Crippen molar-refractivity contribution in [1.29, 1.82) is 0 Å². The van der Waals surface area contributed by atoms with Crippen LogP contribution in [0.2, 0.25) is 0 Å². The molecular formula is C19H17N4O6-. The Hall–Kier alpha value is -3.95. The van der Waals surface area contributed by atoms with Crippen LogP contribution in [-0.2, 0) is 9.59 Å². The van der Waals surface area contributed by atoms with E-state index in [-0.39, 0.29) is 17.2 Å². The minimum absolute atomic E-state index is 0.184. The van der Waals surface area contributed by atoms with Crippen LogP contribution in [0.1, 0.15) is 17.0 Å². The van der Waals surface area contributed by atoms with E-state index in [0.717, 1.165) is 17.8 Å². The van der Waals surface area contributed by atoms with E-state index in [1.165, 1.54) is 13.2 Å². The quantitative estimate of drug-likeness (QED) is 0.317. The van der Waals surface area contributed by atoms with Gasteiger partial charge in [-0.25, -0.2) is 5.43 Å². The molecule has 0 aromatic heterocycles. The number of amides is 2. The Morgan fingerprint density at radius 2 is 2.07 bits per heavy atom. The summed E-state index contributed by atoms with van der Waals surface area (Å²) >= 11 is 0. The normalized spacial score (nSPS) is 18.4. The van der Waals surface area contributed by atoms with Gasteiger partial charge in [0.15, 0.2) is 0 Å². The number of nitro benzene ring substituents is 1. The van der Waals surface area contributed by atoms with Crippen molar-refractivity contribution in [3.63, 3.8) is 0 Å². The Bertz CT molecular complexity index is 976. The third kappa shape index (κ3) is 4.15. The van der Waals surface area contributed by atoms with E-state index in [1.807, 2.05) is 30.3 Å². The van der Waals surface area contributed by atoms with Gasteiger partial charge < -0.3 is 15.2 Å². The van der Waals surface area contributed by atoms with Crippen molar-refractivity contribution < 1.29 is 24.4 Å². The summed E-state index contributed by atoms with van der Waals surface area (Å²) in [4.78, 5) is 34.8. The molecule has 10 heteroatoms. The molecule has 0 saturated carbocycles. The number of hydrogen-bond donors (Lipinski definition) is 2. The average molecular weight is 397 g/mol. The number of ether oxygens (including phenoxy) is 1. The summed E-state index contributed by atoms with van der Waals surface area (Å²) in [6.07, 6.45) is 1.14. The van der Waals surface area contributed by atoms with Crippen LogP contribution in [0.4, 0.5) is 5.69 Å². The number of nitro groups is 1. The van der Waals surface area contributed by atoms with E-state index >= 15 is 0 Å². The first kappa shape index (κ1) is 19.8. The average Bonchev–Trinajstić information content (AvgIpc) is 3.10. The Labute approximate surface area is 165 Å². The number of benzene rings is 2. The fourth-order valence-electron chi connectivity index (χ4n) is 3.14. The number of carbonyl (C=O) groups excluding carboxylic acids is 2. The zero-order valence-corrected chi connectivity index (χ0v) is 15.3. The van der Waals surface area contributed by atoms with Crippen LogP contribution in [0.15, 0.2) is 47.6 Å². The van der Waals surface area contributed by atoms with Crippen LogP contribution in [0.25, 0.3) is 0 Å². The van der Waals surface area contributed by atoms with Crippen LogP contribution in [0.5, 0.6) is 11.5 Å². The lowest BCUT2D eigenvalue weighted by Crippen LogP contribution is -2.34. The van der Waals surface area contributed by atoms with Gasteiger partial charge in [-0.2, -0.15) is 5.10 Å². The largest absolute Gasteiger partial charge is 0.865 e. The Morgan fingerprint density at radius 1 is 1.34 bits per heavy atom. The summed E-state index contributed by atoms with van der Waals surface area (Å²) in [5.74, 6) is -3.37. The first-order chi connectivity index (χ1) is 13.9. The zero-order valence-electron chi connectivity index (χ0n) is 15.3. The summed E-state index contributed by atoms with van der Waals surface area (Å²) in [6, 6.07) is 11.5. The zero-order chi connectivity index (χ0) is 21.0. The van der Waals surface area contributed by atoms with Gasteiger partial charge in [-0.05, 0) is 11.6 Å². The van der Waals surface area contributed by atoms with Gasteiger partial charge in [0.05, 0.1) is 18.2 Å². The highest BCUT2D eigenvalue weighted by atomic mass is 16.6. The monoisotopic (exact) mass is 397 g/mol. The van der Waals surface area contributed by atoms with Crippen molar-refractivity contribution in [2.75, 3.05) is 13.7 Å². The van der Waals surface area contributed by atoms with Crippen molar-refractivity contribution in [2.24, 2.45) is 11.0 Å². The van der Waals surface area contributed by atoms with E-state index in [9.17, 15) is 24.8 Å². The molecule has 0 unspecified atom stereocenters. The molecular weight excluding hydrogens is 380 g/mol. The number of methoxy groups -OCH3 is 1. The Kier molecular flexibility index (Phi) is 5.72. The second-order valence-corrected chi connectivity index (χ2v) is 6.30. The highest BCUT2D eigenvalue weighted by Gasteiger charge is 2.40. The molecule has 10 nitrogen and oxygen atoms in total. The standard InChI is InChI=1S/C19H18N4O6/c1-29-15-8-11(7-14(17(15)24)23(27)28)9-21-22-19(26)16-13(10-20-18(16)25)12-5-3-2-4-6-12/h2-9,13,16,24H,10H2,1H3,(H,20,25)(H,22,26)/p-1/b21-9+/t13-,16+/m0/s1. The summed E-state index contributed by atoms with van der Waals surface area (Å²) in [6.45, 7) is 0.332. The summed E-state index contributed by atoms with van der Waals surface area (Å²) in [7, 11) is 1.21. The first-order valence-corrected chi connectivity index (χ1v) is 8.61. The molecule has 2 aromatic rings. The molecule has 1 fully saturated rings. The molecule has 2 aromatic carbocycles. The molecule has 0 spiro atoms. The molecule has 150 valence electrons. The molecule has 0 aliphatic carbocycles. The Balaban J connectivity index is 1.76. The van der Waals surface area contributed by atoms with Gasteiger partial charge in [0, 0.05) is 29.8 Å². The van der Waals surface area contributed by atoms with Gasteiger partial charge in [0.2, 0.25) is 5.91 Å². The van der Waals surface area contributed by atoms with E-state index < -0.39 is 34.1 Å². The fourth-order valence-corrected chi connectivity index (χ4v) is 3.14. The van der Waals surface area contributed by atoms with E-state index in [4.69, 9.17) is 4.74 Å². The minimum Gasteiger partial charge on any atom is -0.865 e. The first-order valence-electron chi connectivity index (χ1n) is 8.61. The number of nitrogens with one attached hydrogen (secondary N) is 2. The van der Waals surface area contributed by atoms with Crippen LogP contribution in [0.3, 0.4) is 0 Å². The lowest BCUT2D eigenvalue weighted by molar-refractivity contribution is -0.398. The molecule has 29 heavy (non-hydrogen) atoms. The lowest BCUT2D eigenvalue weighted by atomic mass is 9.88. The second kappa shape index (κ2) is 8.38. The second-order valence-electron chi connectivity index (χ2n) is 6.30. The predicted molar refractivity (Wildman–Crippen MR) is 101 cm³/mol. The van der Waals surface area contributed by atoms with Crippen molar-refractivity contribution in [3.8, 4) is 11.5 Å². The Morgan fingerprint density at radius 3 is 2.72 bits per heavy atom. The number of rotatable bonds is 6. The third-order valence-corrected chi connectivity index (χ3v) is 4.55. The predicted octanol–water partition coefficient (Wildman–Crippen LogP) is 0.657. The van der Waals surface area contributed by atoms with Crippen molar-refractivity contribution in [1.82, 2.24) is 10.7 Å². The fraction of sp³-hybridized carbons (Fsp3) is 0.211. The van der Waals surface area contributed by atoms with E-state index in [2.05, 4.69) is 15.8 Å². The van der Waals surface area contributed by atoms with Gasteiger partial charge in [-0.1, -0.05) is 30.3 Å². The van der Waals surface area contributed by atoms with Crippen LogP contribution in [-0.4, -0.2) is 36.6 Å².